The van der Waals surface area contributed by atoms with Gasteiger partial charge in [0, 0.05) is 14.9 Å². The number of rotatable bonds is 4. The molecule has 0 aliphatic heterocycles. The maximum atomic E-state index is 10.9. The van der Waals surface area contributed by atoms with Gasteiger partial charge in [0.25, 0.3) is 0 Å². The summed E-state index contributed by atoms with van der Waals surface area (Å²) in [6.45, 7) is 0. The van der Waals surface area contributed by atoms with Crippen LogP contribution in [0, 0.1) is 0 Å². The molecule has 0 fully saturated rings. The second-order valence-corrected chi connectivity index (χ2v) is 4.57. The molecule has 15 heavy (non-hydrogen) atoms. The van der Waals surface area contributed by atoms with Gasteiger partial charge in [0.1, 0.15) is 0 Å². The molecule has 0 atom stereocenters. The molecule has 0 amide bonds. The molecule has 0 bridgehead atoms. The summed E-state index contributed by atoms with van der Waals surface area (Å²) < 4.78 is 5.25. The summed E-state index contributed by atoms with van der Waals surface area (Å²) in [5.41, 5.74) is 0.595. The van der Waals surface area contributed by atoms with Gasteiger partial charge in [-0.25, -0.2) is 0 Å². The average Bonchev–Trinajstić information content (AvgIpc) is 2.26. The number of halogens is 1. The quantitative estimate of drug-likeness (QED) is 0.485. The summed E-state index contributed by atoms with van der Waals surface area (Å²) in [4.78, 5) is 22.3. The molecule has 0 heterocycles. The molecular weight excluding hydrogens is 280 g/mol. The molecule has 80 valence electrons. The van der Waals surface area contributed by atoms with E-state index in [1.54, 1.807) is 18.2 Å². The highest BCUT2D eigenvalue weighted by Crippen LogP contribution is 2.24. The lowest BCUT2D eigenvalue weighted by atomic mass is 10.2. The van der Waals surface area contributed by atoms with E-state index in [2.05, 4.69) is 20.7 Å². The third-order valence-electron chi connectivity index (χ3n) is 1.68. The average molecular weight is 289 g/mol. The predicted molar refractivity (Wildman–Crippen MR) is 62.3 cm³/mol. The lowest BCUT2D eigenvalue weighted by Crippen LogP contribution is -2.02. The van der Waals surface area contributed by atoms with Gasteiger partial charge in [-0.2, -0.15) is 0 Å². The zero-order chi connectivity index (χ0) is 11.3. The monoisotopic (exact) mass is 288 g/mol. The highest BCUT2D eigenvalue weighted by molar-refractivity contribution is 9.10. The molecule has 1 aromatic carbocycles. The van der Waals surface area contributed by atoms with Crippen molar-refractivity contribution < 1.29 is 14.3 Å². The van der Waals surface area contributed by atoms with Gasteiger partial charge in [-0.1, -0.05) is 15.9 Å². The zero-order valence-electron chi connectivity index (χ0n) is 8.03. The van der Waals surface area contributed by atoms with Gasteiger partial charge in [0.15, 0.2) is 6.29 Å². The van der Waals surface area contributed by atoms with Crippen LogP contribution >= 0.6 is 27.7 Å². The van der Waals surface area contributed by atoms with Crippen LogP contribution in [0.2, 0.25) is 0 Å². The van der Waals surface area contributed by atoms with Crippen molar-refractivity contribution in [1.82, 2.24) is 0 Å². The van der Waals surface area contributed by atoms with Gasteiger partial charge in [0.05, 0.1) is 12.9 Å². The van der Waals surface area contributed by atoms with E-state index in [0.29, 0.717) is 5.56 Å². The van der Waals surface area contributed by atoms with Crippen molar-refractivity contribution in [2.75, 3.05) is 12.9 Å². The summed E-state index contributed by atoms with van der Waals surface area (Å²) in [5, 5.41) is 0. The Morgan fingerprint density at radius 3 is 2.87 bits per heavy atom. The SMILES string of the molecule is COC(=O)CSc1ccc(C=O)c(Br)c1. The maximum Gasteiger partial charge on any atom is 0.315 e. The highest BCUT2D eigenvalue weighted by Gasteiger charge is 2.04. The van der Waals surface area contributed by atoms with Crippen LogP contribution in [0.15, 0.2) is 27.6 Å². The van der Waals surface area contributed by atoms with E-state index in [-0.39, 0.29) is 11.7 Å². The van der Waals surface area contributed by atoms with Crippen molar-refractivity contribution in [2.45, 2.75) is 4.90 Å². The molecular formula is C10H9BrO3S. The number of ether oxygens (including phenoxy) is 1. The predicted octanol–water partition coefficient (Wildman–Crippen LogP) is 2.53. The first kappa shape index (κ1) is 12.3. The summed E-state index contributed by atoms with van der Waals surface area (Å²) in [6, 6.07) is 5.30. The minimum atomic E-state index is -0.268. The number of esters is 1. The van der Waals surface area contributed by atoms with Gasteiger partial charge in [-0.05, 0) is 18.2 Å². The number of carbonyl (C=O) groups excluding carboxylic acids is 2. The Balaban J connectivity index is 2.67. The summed E-state index contributed by atoms with van der Waals surface area (Å²) >= 11 is 4.64. The van der Waals surface area contributed by atoms with Crippen molar-refractivity contribution in [3.05, 3.63) is 28.2 Å². The largest absolute Gasteiger partial charge is 0.468 e. The molecule has 1 rings (SSSR count). The van der Waals surface area contributed by atoms with Crippen LogP contribution in [0.25, 0.3) is 0 Å². The normalized spacial score (nSPS) is 9.73. The fourth-order valence-corrected chi connectivity index (χ4v) is 2.29. The van der Waals surface area contributed by atoms with Crippen LogP contribution in [0.4, 0.5) is 0 Å². The molecule has 0 unspecified atom stereocenters. The zero-order valence-corrected chi connectivity index (χ0v) is 10.4. The minimum Gasteiger partial charge on any atom is -0.468 e. The Bertz CT molecular complexity index is 379. The van der Waals surface area contributed by atoms with E-state index in [0.717, 1.165) is 15.7 Å². The fraction of sp³-hybridized carbons (Fsp3) is 0.200. The molecule has 0 N–H and O–H groups in total. The van der Waals surface area contributed by atoms with Crippen LogP contribution in [0.1, 0.15) is 10.4 Å². The minimum absolute atomic E-state index is 0.267. The number of hydrogen-bond donors (Lipinski definition) is 0. The lowest BCUT2D eigenvalue weighted by molar-refractivity contribution is -0.137. The van der Waals surface area contributed by atoms with Gasteiger partial charge in [-0.3, -0.25) is 9.59 Å². The Hall–Kier alpha value is -0.810. The van der Waals surface area contributed by atoms with Gasteiger partial charge >= 0.3 is 5.97 Å². The lowest BCUT2D eigenvalue weighted by Gasteiger charge is -2.02. The molecule has 5 heteroatoms. The Labute approximate surface area is 100 Å². The van der Waals surface area contributed by atoms with E-state index in [4.69, 9.17) is 0 Å². The molecule has 0 radical (unpaired) electrons. The number of hydrogen-bond acceptors (Lipinski definition) is 4. The Kier molecular flexibility index (Phi) is 4.84. The van der Waals surface area contributed by atoms with Crippen molar-refractivity contribution in [1.29, 1.82) is 0 Å². The van der Waals surface area contributed by atoms with Crippen molar-refractivity contribution in [2.24, 2.45) is 0 Å². The number of carbonyl (C=O) groups is 2. The van der Waals surface area contributed by atoms with Crippen molar-refractivity contribution in [3.63, 3.8) is 0 Å². The van der Waals surface area contributed by atoms with Crippen LogP contribution in [-0.2, 0) is 9.53 Å². The van der Waals surface area contributed by atoms with Crippen LogP contribution in [-0.4, -0.2) is 25.1 Å². The van der Waals surface area contributed by atoms with E-state index in [9.17, 15) is 9.59 Å². The van der Waals surface area contributed by atoms with Crippen LogP contribution < -0.4 is 0 Å². The smallest absolute Gasteiger partial charge is 0.315 e. The molecule has 1 aromatic rings. The number of thioether (sulfide) groups is 1. The van der Waals surface area contributed by atoms with Gasteiger partial charge in [0.2, 0.25) is 0 Å². The maximum absolute atomic E-state index is 10.9. The molecule has 0 saturated heterocycles. The molecule has 0 aliphatic rings. The topological polar surface area (TPSA) is 43.4 Å². The molecule has 0 spiro atoms. The van der Waals surface area contributed by atoms with Crippen molar-refractivity contribution >= 4 is 39.9 Å². The second-order valence-electron chi connectivity index (χ2n) is 2.67. The van der Waals surface area contributed by atoms with E-state index < -0.39 is 0 Å². The number of aldehydes is 1. The third kappa shape index (κ3) is 3.68. The highest BCUT2D eigenvalue weighted by atomic mass is 79.9. The summed E-state index contributed by atoms with van der Waals surface area (Å²) in [5.74, 6) is -0.000738. The first-order valence-corrected chi connectivity index (χ1v) is 5.89. The Morgan fingerprint density at radius 2 is 2.33 bits per heavy atom. The number of methoxy groups -OCH3 is 1. The van der Waals surface area contributed by atoms with E-state index >= 15 is 0 Å². The molecule has 3 nitrogen and oxygen atoms in total. The number of benzene rings is 1. The molecule has 0 aliphatic carbocycles. The third-order valence-corrected chi connectivity index (χ3v) is 3.34. The van der Waals surface area contributed by atoms with Gasteiger partial charge < -0.3 is 4.74 Å². The Morgan fingerprint density at radius 1 is 1.60 bits per heavy atom. The van der Waals surface area contributed by atoms with Crippen molar-refractivity contribution in [3.8, 4) is 0 Å². The van der Waals surface area contributed by atoms with E-state index in [1.165, 1.54) is 18.9 Å². The van der Waals surface area contributed by atoms with Gasteiger partial charge in [-0.15, -0.1) is 11.8 Å². The molecule has 0 saturated carbocycles. The standard InChI is InChI=1S/C10H9BrO3S/c1-14-10(13)6-15-8-3-2-7(5-12)9(11)4-8/h2-5H,6H2,1H3. The summed E-state index contributed by atoms with van der Waals surface area (Å²) in [7, 11) is 1.36. The van der Waals surface area contributed by atoms with E-state index in [1.807, 2.05) is 0 Å². The first-order valence-electron chi connectivity index (χ1n) is 4.11. The second kappa shape index (κ2) is 5.92. The first-order chi connectivity index (χ1) is 7.17. The van der Waals surface area contributed by atoms with Crippen LogP contribution in [0.5, 0.6) is 0 Å². The van der Waals surface area contributed by atoms with Crippen LogP contribution in [0.3, 0.4) is 0 Å². The summed E-state index contributed by atoms with van der Waals surface area (Å²) in [6.07, 6.45) is 0.777. The fourth-order valence-electron chi connectivity index (χ4n) is 0.894. The molecule has 0 aromatic heterocycles.